The molecule has 0 bridgehead atoms. The number of rotatable bonds is 8. The van der Waals surface area contributed by atoms with Gasteiger partial charge in [-0.3, -0.25) is 10.2 Å². The van der Waals surface area contributed by atoms with Crippen molar-refractivity contribution in [3.63, 3.8) is 0 Å². The highest BCUT2D eigenvalue weighted by atomic mass is 16.5. The lowest BCUT2D eigenvalue weighted by molar-refractivity contribution is 0.0953. The van der Waals surface area contributed by atoms with Crippen LogP contribution in [0.15, 0.2) is 24.3 Å². The molecule has 0 spiro atoms. The summed E-state index contributed by atoms with van der Waals surface area (Å²) in [6, 6.07) is 7.50. The van der Waals surface area contributed by atoms with Crippen molar-refractivity contribution in [1.82, 2.24) is 10.3 Å². The third kappa shape index (κ3) is 6.14. The molecule has 0 heterocycles. The molecule has 5 heteroatoms. The van der Waals surface area contributed by atoms with E-state index in [0.717, 1.165) is 12.3 Å². The van der Waals surface area contributed by atoms with Gasteiger partial charge in [0.15, 0.2) is 0 Å². The first-order valence-electron chi connectivity index (χ1n) is 7.38. The number of amides is 1. The second-order valence-corrected chi connectivity index (χ2v) is 5.81. The maximum atomic E-state index is 11.3. The van der Waals surface area contributed by atoms with E-state index in [9.17, 15) is 4.79 Å². The fourth-order valence-electron chi connectivity index (χ4n) is 2.18. The molecule has 0 aromatic heterocycles. The van der Waals surface area contributed by atoms with E-state index in [-0.39, 0.29) is 5.91 Å². The van der Waals surface area contributed by atoms with Crippen LogP contribution >= 0.6 is 0 Å². The van der Waals surface area contributed by atoms with E-state index in [1.54, 1.807) is 24.3 Å². The molecule has 0 saturated heterocycles. The van der Waals surface area contributed by atoms with Crippen molar-refractivity contribution in [2.75, 3.05) is 20.2 Å². The van der Waals surface area contributed by atoms with Crippen molar-refractivity contribution in [3.8, 4) is 5.75 Å². The number of nitrogens with one attached hydrogen (secondary N) is 1. The van der Waals surface area contributed by atoms with Crippen LogP contribution in [0.2, 0.25) is 0 Å². The summed E-state index contributed by atoms with van der Waals surface area (Å²) in [7, 11) is 2.12. The highest BCUT2D eigenvalue weighted by Gasteiger charge is 2.10. The number of ether oxygens (including phenoxy) is 1. The monoisotopic (exact) mass is 293 g/mol. The van der Waals surface area contributed by atoms with E-state index >= 15 is 0 Å². The van der Waals surface area contributed by atoms with E-state index in [1.807, 2.05) is 0 Å². The Balaban J connectivity index is 2.37. The third-order valence-electron chi connectivity index (χ3n) is 3.53. The van der Waals surface area contributed by atoms with Gasteiger partial charge in [-0.05, 0) is 50.6 Å². The van der Waals surface area contributed by atoms with E-state index in [0.29, 0.717) is 24.1 Å². The fourth-order valence-corrected chi connectivity index (χ4v) is 2.18. The number of hydrogen-bond donors (Lipinski definition) is 2. The van der Waals surface area contributed by atoms with Gasteiger partial charge in [-0.2, -0.15) is 0 Å². The molecule has 1 aromatic rings. The summed E-state index contributed by atoms with van der Waals surface area (Å²) in [4.78, 5) is 13.6. The Hall–Kier alpha value is -1.59. The molecule has 5 nitrogen and oxygen atoms in total. The van der Waals surface area contributed by atoms with Crippen molar-refractivity contribution < 1.29 is 9.53 Å². The third-order valence-corrected chi connectivity index (χ3v) is 3.53. The molecule has 1 unspecified atom stereocenters. The van der Waals surface area contributed by atoms with Crippen LogP contribution in [-0.2, 0) is 0 Å². The SMILES string of the molecule is CC(C)CC(C)N(C)CCOc1ccc(C(=O)NN)cc1. The van der Waals surface area contributed by atoms with Crippen LogP contribution in [0.1, 0.15) is 37.6 Å². The van der Waals surface area contributed by atoms with Gasteiger partial charge in [-0.25, -0.2) is 5.84 Å². The maximum absolute atomic E-state index is 11.3. The lowest BCUT2D eigenvalue weighted by Gasteiger charge is -2.26. The van der Waals surface area contributed by atoms with Gasteiger partial charge in [0.1, 0.15) is 12.4 Å². The number of hydrogen-bond acceptors (Lipinski definition) is 4. The molecule has 1 amide bonds. The summed E-state index contributed by atoms with van der Waals surface area (Å²) in [5, 5.41) is 0. The van der Waals surface area contributed by atoms with Crippen molar-refractivity contribution in [3.05, 3.63) is 29.8 Å². The number of nitrogen functional groups attached to an aromatic ring is 1. The van der Waals surface area contributed by atoms with Gasteiger partial charge in [0.2, 0.25) is 0 Å². The number of hydrazine groups is 1. The molecule has 118 valence electrons. The van der Waals surface area contributed by atoms with Crippen LogP contribution < -0.4 is 16.0 Å². The minimum absolute atomic E-state index is 0.302. The average Bonchev–Trinajstić information content (AvgIpc) is 2.46. The molecular weight excluding hydrogens is 266 g/mol. The van der Waals surface area contributed by atoms with Crippen LogP contribution in [0.25, 0.3) is 0 Å². The molecule has 0 aliphatic rings. The second-order valence-electron chi connectivity index (χ2n) is 5.81. The van der Waals surface area contributed by atoms with Gasteiger partial charge in [0, 0.05) is 18.2 Å². The molecule has 0 radical (unpaired) electrons. The Labute approximate surface area is 127 Å². The van der Waals surface area contributed by atoms with Gasteiger partial charge in [0.25, 0.3) is 5.91 Å². The number of nitrogens with zero attached hydrogens (tertiary/aromatic N) is 1. The van der Waals surface area contributed by atoms with E-state index in [1.165, 1.54) is 6.42 Å². The molecule has 1 rings (SSSR count). The van der Waals surface area contributed by atoms with Gasteiger partial charge in [0.05, 0.1) is 0 Å². The zero-order chi connectivity index (χ0) is 15.8. The lowest BCUT2D eigenvalue weighted by Crippen LogP contribution is -2.33. The van der Waals surface area contributed by atoms with E-state index in [2.05, 4.69) is 38.1 Å². The first kappa shape index (κ1) is 17.5. The largest absolute Gasteiger partial charge is 0.492 e. The summed E-state index contributed by atoms with van der Waals surface area (Å²) >= 11 is 0. The molecule has 1 atom stereocenters. The molecule has 0 aliphatic heterocycles. The van der Waals surface area contributed by atoms with Crippen LogP contribution in [0.5, 0.6) is 5.75 Å². The number of carbonyl (C=O) groups is 1. The normalized spacial score (nSPS) is 12.5. The minimum atomic E-state index is -0.302. The number of nitrogens with two attached hydrogens (primary N) is 1. The summed E-state index contributed by atoms with van der Waals surface area (Å²) in [6.45, 7) is 8.21. The topological polar surface area (TPSA) is 67.6 Å². The molecule has 0 saturated carbocycles. The Bertz CT molecular complexity index is 432. The Morgan fingerprint density at radius 1 is 1.29 bits per heavy atom. The number of carbonyl (C=O) groups excluding carboxylic acids is 1. The van der Waals surface area contributed by atoms with Crippen LogP contribution in [-0.4, -0.2) is 37.0 Å². The second kappa shape index (κ2) is 8.64. The molecule has 1 aromatic carbocycles. The van der Waals surface area contributed by atoms with E-state index < -0.39 is 0 Å². The van der Waals surface area contributed by atoms with Crippen molar-refractivity contribution in [1.29, 1.82) is 0 Å². The fraction of sp³-hybridized carbons (Fsp3) is 0.562. The Morgan fingerprint density at radius 2 is 1.90 bits per heavy atom. The van der Waals surface area contributed by atoms with Crippen LogP contribution in [0.3, 0.4) is 0 Å². The first-order valence-corrected chi connectivity index (χ1v) is 7.38. The summed E-state index contributed by atoms with van der Waals surface area (Å²) < 4.78 is 5.70. The number of likely N-dealkylation sites (N-methyl/N-ethyl adjacent to an activating group) is 1. The molecule has 0 fully saturated rings. The predicted molar refractivity (Wildman–Crippen MR) is 85.1 cm³/mol. The smallest absolute Gasteiger partial charge is 0.265 e. The van der Waals surface area contributed by atoms with Gasteiger partial charge in [-0.1, -0.05) is 13.8 Å². The highest BCUT2D eigenvalue weighted by Crippen LogP contribution is 2.13. The first-order chi connectivity index (χ1) is 9.93. The molecular formula is C16H27N3O2. The van der Waals surface area contributed by atoms with Crippen molar-refractivity contribution >= 4 is 5.91 Å². The van der Waals surface area contributed by atoms with Crippen molar-refractivity contribution in [2.24, 2.45) is 11.8 Å². The van der Waals surface area contributed by atoms with Crippen LogP contribution in [0.4, 0.5) is 0 Å². The quantitative estimate of drug-likeness (QED) is 0.437. The minimum Gasteiger partial charge on any atom is -0.492 e. The summed E-state index contributed by atoms with van der Waals surface area (Å²) in [5.41, 5.74) is 2.62. The van der Waals surface area contributed by atoms with Gasteiger partial charge in [-0.15, -0.1) is 0 Å². The zero-order valence-corrected chi connectivity index (χ0v) is 13.4. The Kier molecular flexibility index (Phi) is 7.19. The lowest BCUT2D eigenvalue weighted by atomic mass is 10.0. The van der Waals surface area contributed by atoms with Gasteiger partial charge < -0.3 is 9.64 Å². The molecule has 21 heavy (non-hydrogen) atoms. The highest BCUT2D eigenvalue weighted by molar-refractivity contribution is 5.93. The molecule has 3 N–H and O–H groups in total. The zero-order valence-electron chi connectivity index (χ0n) is 13.4. The molecule has 0 aliphatic carbocycles. The summed E-state index contributed by atoms with van der Waals surface area (Å²) in [5.74, 6) is 6.24. The standard InChI is InChI=1S/C16H27N3O2/c1-12(2)11-13(3)19(4)9-10-21-15-7-5-14(6-8-15)16(20)18-17/h5-8,12-13H,9-11,17H2,1-4H3,(H,18,20). The average molecular weight is 293 g/mol. The number of benzene rings is 1. The maximum Gasteiger partial charge on any atom is 0.265 e. The van der Waals surface area contributed by atoms with E-state index in [4.69, 9.17) is 10.6 Å². The van der Waals surface area contributed by atoms with Crippen molar-refractivity contribution in [2.45, 2.75) is 33.2 Å². The van der Waals surface area contributed by atoms with Gasteiger partial charge >= 0.3 is 0 Å². The van der Waals surface area contributed by atoms with Crippen LogP contribution in [0, 0.1) is 5.92 Å². The predicted octanol–water partition coefficient (Wildman–Crippen LogP) is 2.04. The Morgan fingerprint density at radius 3 is 2.43 bits per heavy atom. The summed E-state index contributed by atoms with van der Waals surface area (Å²) in [6.07, 6.45) is 1.18.